The zero-order valence-electron chi connectivity index (χ0n) is 10.7. The maximum absolute atomic E-state index is 12.0. The van der Waals surface area contributed by atoms with Crippen LogP contribution in [0.1, 0.15) is 0 Å². The van der Waals surface area contributed by atoms with Gasteiger partial charge in [0.25, 0.3) is 0 Å². The Kier molecular flexibility index (Phi) is 5.65. The maximum atomic E-state index is 12.0. The van der Waals surface area contributed by atoms with Crippen LogP contribution in [-0.4, -0.2) is 11.7 Å². The molecule has 21 heavy (non-hydrogen) atoms. The Labute approximate surface area is 141 Å². The second kappa shape index (κ2) is 7.27. The molecule has 0 atom stereocenters. The van der Waals surface area contributed by atoms with Gasteiger partial charge in [-0.2, -0.15) is 0 Å². The first kappa shape index (κ1) is 16.3. The highest BCUT2D eigenvalue weighted by atomic mass is 35.5. The summed E-state index contributed by atoms with van der Waals surface area (Å²) in [6.07, 6.45) is 0. The average molecular weight is 362 g/mol. The minimum atomic E-state index is -0.228. The van der Waals surface area contributed by atoms with E-state index in [1.165, 1.54) is 23.9 Å². The zero-order chi connectivity index (χ0) is 15.4. The fraction of sp³-hybridized carbons (Fsp3) is 0.0714. The van der Waals surface area contributed by atoms with Gasteiger partial charge in [-0.05, 0) is 24.3 Å². The molecule has 3 nitrogen and oxygen atoms in total. The van der Waals surface area contributed by atoms with Crippen molar-refractivity contribution in [1.29, 1.82) is 0 Å². The first-order valence-electron chi connectivity index (χ1n) is 5.89. The Morgan fingerprint density at radius 1 is 1.10 bits per heavy atom. The fourth-order valence-electron chi connectivity index (χ4n) is 1.59. The van der Waals surface area contributed by atoms with E-state index in [1.807, 2.05) is 18.2 Å². The summed E-state index contributed by atoms with van der Waals surface area (Å²) in [6.45, 7) is 0. The Morgan fingerprint density at radius 2 is 1.71 bits per heavy atom. The average Bonchev–Trinajstić information content (AvgIpc) is 2.42. The van der Waals surface area contributed by atoms with Gasteiger partial charge in [0.2, 0.25) is 5.91 Å². The lowest BCUT2D eigenvalue weighted by atomic mass is 10.3. The van der Waals surface area contributed by atoms with Crippen LogP contribution in [0, 0.1) is 0 Å². The summed E-state index contributed by atoms with van der Waals surface area (Å²) >= 11 is 19.4. The lowest BCUT2D eigenvalue weighted by Gasteiger charge is -2.10. The number of anilines is 2. The maximum Gasteiger partial charge on any atom is 0.234 e. The molecule has 0 saturated carbocycles. The third-order valence-electron chi connectivity index (χ3n) is 2.52. The molecule has 0 aliphatic rings. The molecule has 0 aliphatic heterocycles. The molecule has 0 fully saturated rings. The van der Waals surface area contributed by atoms with Crippen LogP contribution < -0.4 is 11.1 Å². The largest absolute Gasteiger partial charge is 0.399 e. The summed E-state index contributed by atoms with van der Waals surface area (Å²) in [5.74, 6) is -0.0330. The standard InChI is InChI=1S/C14H11Cl3N2OS/c15-9-3-1-2-4-12(9)21-7-13(20)19-14-10(16)5-8(18)6-11(14)17/h1-6H,7,18H2,(H,19,20). The van der Waals surface area contributed by atoms with Crippen molar-refractivity contribution in [3.05, 3.63) is 51.5 Å². The van der Waals surface area contributed by atoms with Crippen molar-refractivity contribution in [2.24, 2.45) is 0 Å². The summed E-state index contributed by atoms with van der Waals surface area (Å²) < 4.78 is 0. The van der Waals surface area contributed by atoms with E-state index in [0.29, 0.717) is 26.4 Å². The van der Waals surface area contributed by atoms with Gasteiger partial charge in [-0.25, -0.2) is 0 Å². The van der Waals surface area contributed by atoms with Gasteiger partial charge in [0.1, 0.15) is 0 Å². The smallest absolute Gasteiger partial charge is 0.234 e. The van der Waals surface area contributed by atoms with Crippen LogP contribution >= 0.6 is 46.6 Å². The third kappa shape index (κ3) is 4.45. The summed E-state index contributed by atoms with van der Waals surface area (Å²) in [4.78, 5) is 12.8. The SMILES string of the molecule is Nc1cc(Cl)c(NC(=O)CSc2ccccc2Cl)c(Cl)c1. The predicted molar refractivity (Wildman–Crippen MR) is 91.7 cm³/mol. The molecule has 3 N–H and O–H groups in total. The number of nitrogens with two attached hydrogens (primary N) is 1. The van der Waals surface area contributed by atoms with E-state index in [4.69, 9.17) is 40.5 Å². The van der Waals surface area contributed by atoms with Crippen LogP contribution in [0.2, 0.25) is 15.1 Å². The summed E-state index contributed by atoms with van der Waals surface area (Å²) in [6, 6.07) is 10.4. The summed E-state index contributed by atoms with van der Waals surface area (Å²) in [5.41, 5.74) is 6.41. The minimum absolute atomic E-state index is 0.195. The van der Waals surface area contributed by atoms with Gasteiger partial charge < -0.3 is 11.1 Å². The van der Waals surface area contributed by atoms with Gasteiger partial charge in [-0.3, -0.25) is 4.79 Å². The highest BCUT2D eigenvalue weighted by molar-refractivity contribution is 8.00. The number of halogens is 3. The Morgan fingerprint density at radius 3 is 2.33 bits per heavy atom. The van der Waals surface area contributed by atoms with Crippen molar-refractivity contribution < 1.29 is 4.79 Å². The number of benzene rings is 2. The van der Waals surface area contributed by atoms with E-state index in [-0.39, 0.29) is 11.7 Å². The molecular weight excluding hydrogens is 351 g/mol. The topological polar surface area (TPSA) is 55.1 Å². The molecule has 0 aliphatic carbocycles. The number of nitrogen functional groups attached to an aromatic ring is 1. The van der Waals surface area contributed by atoms with Crippen molar-refractivity contribution >= 4 is 63.8 Å². The molecule has 0 bridgehead atoms. The molecule has 0 saturated heterocycles. The van der Waals surface area contributed by atoms with E-state index >= 15 is 0 Å². The second-order valence-corrected chi connectivity index (χ2v) is 6.37. The van der Waals surface area contributed by atoms with Crippen LogP contribution in [-0.2, 0) is 4.79 Å². The summed E-state index contributed by atoms with van der Waals surface area (Å²) in [5, 5.41) is 3.89. The number of hydrogen-bond donors (Lipinski definition) is 2. The molecule has 0 spiro atoms. The van der Waals surface area contributed by atoms with E-state index in [9.17, 15) is 4.79 Å². The number of thioether (sulfide) groups is 1. The molecule has 7 heteroatoms. The Bertz CT molecular complexity index is 656. The van der Waals surface area contributed by atoms with E-state index in [0.717, 1.165) is 4.90 Å². The molecule has 110 valence electrons. The first-order valence-corrected chi connectivity index (χ1v) is 8.01. The highest BCUT2D eigenvalue weighted by Crippen LogP contribution is 2.33. The number of rotatable bonds is 4. The monoisotopic (exact) mass is 360 g/mol. The number of carbonyl (C=O) groups is 1. The van der Waals surface area contributed by atoms with Crippen LogP contribution in [0.3, 0.4) is 0 Å². The molecule has 0 radical (unpaired) electrons. The van der Waals surface area contributed by atoms with E-state index in [1.54, 1.807) is 6.07 Å². The van der Waals surface area contributed by atoms with Crippen molar-refractivity contribution in [3.8, 4) is 0 Å². The zero-order valence-corrected chi connectivity index (χ0v) is 13.8. The van der Waals surface area contributed by atoms with Crippen LogP contribution in [0.5, 0.6) is 0 Å². The lowest BCUT2D eigenvalue weighted by molar-refractivity contribution is -0.113. The molecule has 0 unspecified atom stereocenters. The quantitative estimate of drug-likeness (QED) is 0.598. The third-order valence-corrected chi connectivity index (χ3v) is 4.64. The van der Waals surface area contributed by atoms with Crippen molar-refractivity contribution in [3.63, 3.8) is 0 Å². The van der Waals surface area contributed by atoms with Gasteiger partial charge in [0, 0.05) is 10.6 Å². The molecular formula is C14H11Cl3N2OS. The first-order chi connectivity index (χ1) is 9.97. The van der Waals surface area contributed by atoms with Crippen LogP contribution in [0.25, 0.3) is 0 Å². The lowest BCUT2D eigenvalue weighted by Crippen LogP contribution is -2.14. The molecule has 0 aromatic heterocycles. The number of hydrogen-bond acceptors (Lipinski definition) is 3. The van der Waals surface area contributed by atoms with Gasteiger partial charge in [0.05, 0.1) is 26.5 Å². The van der Waals surface area contributed by atoms with Crippen molar-refractivity contribution in [2.75, 3.05) is 16.8 Å². The molecule has 0 heterocycles. The normalized spacial score (nSPS) is 10.4. The number of carbonyl (C=O) groups excluding carboxylic acids is 1. The predicted octanol–water partition coefficient (Wildman–Crippen LogP) is 4.96. The summed E-state index contributed by atoms with van der Waals surface area (Å²) in [7, 11) is 0. The van der Waals surface area contributed by atoms with Crippen molar-refractivity contribution in [1.82, 2.24) is 0 Å². The van der Waals surface area contributed by atoms with Crippen LogP contribution in [0.15, 0.2) is 41.3 Å². The van der Waals surface area contributed by atoms with Gasteiger partial charge in [-0.1, -0.05) is 46.9 Å². The second-order valence-electron chi connectivity index (χ2n) is 4.13. The van der Waals surface area contributed by atoms with Crippen molar-refractivity contribution in [2.45, 2.75) is 4.90 Å². The fourth-order valence-corrected chi connectivity index (χ4v) is 3.23. The number of nitrogens with one attached hydrogen (secondary N) is 1. The molecule has 2 aromatic carbocycles. The van der Waals surface area contributed by atoms with E-state index < -0.39 is 0 Å². The van der Waals surface area contributed by atoms with E-state index in [2.05, 4.69) is 5.32 Å². The highest BCUT2D eigenvalue weighted by Gasteiger charge is 2.12. The van der Waals surface area contributed by atoms with Gasteiger partial charge >= 0.3 is 0 Å². The minimum Gasteiger partial charge on any atom is -0.399 e. The molecule has 1 amide bonds. The number of amides is 1. The van der Waals surface area contributed by atoms with Crippen LogP contribution in [0.4, 0.5) is 11.4 Å². The Hall–Kier alpha value is -1.07. The molecule has 2 aromatic rings. The Balaban J connectivity index is 2.01. The van der Waals surface area contributed by atoms with Gasteiger partial charge in [-0.15, -0.1) is 11.8 Å². The molecule has 2 rings (SSSR count). The van der Waals surface area contributed by atoms with Gasteiger partial charge in [0.15, 0.2) is 0 Å².